The minimum atomic E-state index is -0.892. The van der Waals surface area contributed by atoms with Crippen LogP contribution in [0.3, 0.4) is 0 Å². The molecule has 0 aromatic heterocycles. The number of ketones is 1. The summed E-state index contributed by atoms with van der Waals surface area (Å²) in [5, 5.41) is 13.9. The molecule has 0 aliphatic carbocycles. The van der Waals surface area contributed by atoms with Gasteiger partial charge in [-0.3, -0.25) is 19.7 Å². The lowest BCUT2D eigenvalue weighted by Crippen LogP contribution is -2.28. The second kappa shape index (κ2) is 11.2. The van der Waals surface area contributed by atoms with Crippen molar-refractivity contribution >= 4 is 35.1 Å². The number of hydrogen-bond donors (Lipinski definition) is 1. The third-order valence-corrected chi connectivity index (χ3v) is 5.55. The molecule has 0 radical (unpaired) electrons. The van der Waals surface area contributed by atoms with Crippen molar-refractivity contribution in [2.24, 2.45) is 0 Å². The van der Waals surface area contributed by atoms with Gasteiger partial charge in [0.05, 0.1) is 15.4 Å². The standard InChI is InChI=1S/C24H19FN2O6S/c1-34-21-11-8-16(12-20(21)27(31)32)23(29)18-4-2-3-5-19(18)24(30)33-14-22(28)26-13-15-6-9-17(25)10-7-15/h2-12H,13-14H2,1H3,(H,26,28). The van der Waals surface area contributed by atoms with Gasteiger partial charge in [0.1, 0.15) is 5.82 Å². The monoisotopic (exact) mass is 482 g/mol. The van der Waals surface area contributed by atoms with Gasteiger partial charge >= 0.3 is 5.97 Å². The Balaban J connectivity index is 1.69. The van der Waals surface area contributed by atoms with Crippen LogP contribution in [0.15, 0.2) is 71.6 Å². The number of carbonyl (C=O) groups is 3. The van der Waals surface area contributed by atoms with Gasteiger partial charge < -0.3 is 10.1 Å². The lowest BCUT2D eigenvalue weighted by Gasteiger charge is -2.10. The van der Waals surface area contributed by atoms with Crippen molar-refractivity contribution < 1.29 is 28.4 Å². The molecule has 0 saturated heterocycles. The van der Waals surface area contributed by atoms with E-state index in [0.29, 0.717) is 10.5 Å². The van der Waals surface area contributed by atoms with Crippen molar-refractivity contribution in [1.82, 2.24) is 5.32 Å². The zero-order valence-corrected chi connectivity index (χ0v) is 18.8. The molecular formula is C24H19FN2O6S. The normalized spacial score (nSPS) is 10.4. The summed E-state index contributed by atoms with van der Waals surface area (Å²) in [5.74, 6) is -2.46. The quantitative estimate of drug-likeness (QED) is 0.160. The first-order valence-corrected chi connectivity index (χ1v) is 11.2. The van der Waals surface area contributed by atoms with Crippen LogP contribution in [0.4, 0.5) is 10.1 Å². The van der Waals surface area contributed by atoms with Gasteiger partial charge in [0, 0.05) is 23.7 Å². The first kappa shape index (κ1) is 24.6. The van der Waals surface area contributed by atoms with E-state index in [1.807, 2.05) is 0 Å². The third-order valence-electron chi connectivity index (χ3n) is 4.77. The summed E-state index contributed by atoms with van der Waals surface area (Å²) in [7, 11) is 0. The Morgan fingerprint density at radius 1 is 1.03 bits per heavy atom. The zero-order valence-electron chi connectivity index (χ0n) is 17.9. The second-order valence-corrected chi connectivity index (χ2v) is 7.85. The van der Waals surface area contributed by atoms with Gasteiger partial charge in [-0.25, -0.2) is 9.18 Å². The van der Waals surface area contributed by atoms with E-state index in [-0.39, 0.29) is 28.9 Å². The Bertz CT molecular complexity index is 1250. The third kappa shape index (κ3) is 6.04. The maximum atomic E-state index is 13.0. The predicted molar refractivity (Wildman–Crippen MR) is 123 cm³/mol. The van der Waals surface area contributed by atoms with E-state index in [9.17, 15) is 28.9 Å². The number of nitrogens with one attached hydrogen (secondary N) is 1. The fraction of sp³-hybridized carbons (Fsp3) is 0.125. The Hall–Kier alpha value is -4.05. The Morgan fingerprint density at radius 2 is 1.71 bits per heavy atom. The minimum absolute atomic E-state index is 0.00887. The molecule has 34 heavy (non-hydrogen) atoms. The number of amides is 1. The summed E-state index contributed by atoms with van der Waals surface area (Å²) in [4.78, 5) is 48.8. The van der Waals surface area contributed by atoms with Crippen molar-refractivity contribution in [3.8, 4) is 0 Å². The number of nitrogens with zero attached hydrogens (tertiary/aromatic N) is 1. The van der Waals surface area contributed by atoms with Gasteiger partial charge in [-0.1, -0.05) is 30.3 Å². The molecule has 0 spiro atoms. The van der Waals surface area contributed by atoms with E-state index in [0.717, 1.165) is 0 Å². The van der Waals surface area contributed by atoms with Crippen LogP contribution in [0.25, 0.3) is 0 Å². The predicted octanol–water partition coefficient (Wildman–Crippen LogP) is 4.16. The number of hydrogen-bond acceptors (Lipinski definition) is 7. The summed E-state index contributed by atoms with van der Waals surface area (Å²) >= 11 is 1.18. The van der Waals surface area contributed by atoms with Crippen LogP contribution >= 0.6 is 11.8 Å². The van der Waals surface area contributed by atoms with Crippen molar-refractivity contribution in [2.45, 2.75) is 11.4 Å². The summed E-state index contributed by atoms with van der Waals surface area (Å²) in [6.45, 7) is -0.465. The van der Waals surface area contributed by atoms with E-state index in [1.54, 1.807) is 12.3 Å². The highest BCUT2D eigenvalue weighted by Gasteiger charge is 2.23. The summed E-state index contributed by atoms with van der Waals surface area (Å²) in [6, 6.07) is 15.5. The Kier molecular flexibility index (Phi) is 8.10. The maximum absolute atomic E-state index is 13.0. The highest BCUT2D eigenvalue weighted by Crippen LogP contribution is 2.29. The van der Waals surface area contributed by atoms with Crippen LogP contribution in [0, 0.1) is 15.9 Å². The summed E-state index contributed by atoms with van der Waals surface area (Å²) in [5.41, 5.74) is 0.414. The molecule has 0 fully saturated rings. The molecule has 8 nitrogen and oxygen atoms in total. The summed E-state index contributed by atoms with van der Waals surface area (Å²) in [6.07, 6.45) is 1.69. The number of ether oxygens (including phenoxy) is 1. The van der Waals surface area contributed by atoms with Gasteiger partial charge in [-0.15, -0.1) is 11.8 Å². The van der Waals surface area contributed by atoms with Gasteiger partial charge in [-0.2, -0.15) is 0 Å². The SMILES string of the molecule is CSc1ccc(C(=O)c2ccccc2C(=O)OCC(=O)NCc2ccc(F)cc2)cc1[N+](=O)[O-]. The van der Waals surface area contributed by atoms with E-state index in [4.69, 9.17) is 4.74 Å². The van der Waals surface area contributed by atoms with Gasteiger partial charge in [0.2, 0.25) is 0 Å². The van der Waals surface area contributed by atoms with Gasteiger partial charge in [0.25, 0.3) is 11.6 Å². The number of halogens is 1. The molecule has 3 rings (SSSR count). The molecule has 10 heteroatoms. The number of nitro groups is 1. The molecule has 0 saturated carbocycles. The fourth-order valence-corrected chi connectivity index (χ4v) is 3.60. The number of benzene rings is 3. The Morgan fingerprint density at radius 3 is 2.35 bits per heavy atom. The van der Waals surface area contributed by atoms with Gasteiger partial charge in [0.15, 0.2) is 12.4 Å². The molecule has 174 valence electrons. The molecule has 1 amide bonds. The highest BCUT2D eigenvalue weighted by molar-refractivity contribution is 7.98. The average molecular weight is 482 g/mol. The van der Waals surface area contributed by atoms with E-state index in [1.165, 1.54) is 72.4 Å². The molecule has 0 bridgehead atoms. The second-order valence-electron chi connectivity index (χ2n) is 7.00. The van der Waals surface area contributed by atoms with Crippen LogP contribution in [0.5, 0.6) is 0 Å². The highest BCUT2D eigenvalue weighted by atomic mass is 32.2. The molecule has 3 aromatic rings. The smallest absolute Gasteiger partial charge is 0.339 e. The van der Waals surface area contributed by atoms with Crippen molar-refractivity contribution in [2.75, 3.05) is 12.9 Å². The van der Waals surface area contributed by atoms with Crippen LogP contribution in [-0.2, 0) is 16.1 Å². The van der Waals surface area contributed by atoms with Crippen molar-refractivity contribution in [1.29, 1.82) is 0 Å². The molecule has 1 N–H and O–H groups in total. The maximum Gasteiger partial charge on any atom is 0.339 e. The molecular weight excluding hydrogens is 463 g/mol. The van der Waals surface area contributed by atoms with Crippen LogP contribution in [0.1, 0.15) is 31.8 Å². The molecule has 0 unspecified atom stereocenters. The van der Waals surface area contributed by atoms with Crippen LogP contribution < -0.4 is 5.32 Å². The fourth-order valence-electron chi connectivity index (χ4n) is 3.05. The van der Waals surface area contributed by atoms with Crippen LogP contribution in [0.2, 0.25) is 0 Å². The van der Waals surface area contributed by atoms with Crippen molar-refractivity contribution in [3.05, 3.63) is 105 Å². The lowest BCUT2D eigenvalue weighted by molar-refractivity contribution is -0.387. The molecule has 3 aromatic carbocycles. The van der Waals surface area contributed by atoms with Crippen LogP contribution in [-0.4, -0.2) is 35.4 Å². The first-order chi connectivity index (χ1) is 16.3. The molecule has 0 aliphatic rings. The number of rotatable bonds is 9. The number of carbonyl (C=O) groups excluding carboxylic acids is 3. The number of thioether (sulfide) groups is 1. The zero-order chi connectivity index (χ0) is 24.7. The molecule has 0 heterocycles. The van der Waals surface area contributed by atoms with Crippen molar-refractivity contribution in [3.63, 3.8) is 0 Å². The van der Waals surface area contributed by atoms with E-state index in [2.05, 4.69) is 5.32 Å². The van der Waals surface area contributed by atoms with E-state index < -0.39 is 35.0 Å². The molecule has 0 aliphatic heterocycles. The lowest BCUT2D eigenvalue weighted by atomic mass is 9.98. The average Bonchev–Trinajstić information content (AvgIpc) is 2.86. The number of nitro benzene ring substituents is 1. The largest absolute Gasteiger partial charge is 0.452 e. The summed E-state index contributed by atoms with van der Waals surface area (Å²) < 4.78 is 18.0. The topological polar surface area (TPSA) is 116 Å². The Labute approximate surface area is 198 Å². The molecule has 0 atom stereocenters. The van der Waals surface area contributed by atoms with E-state index >= 15 is 0 Å². The first-order valence-electron chi connectivity index (χ1n) is 9.94. The number of esters is 1. The minimum Gasteiger partial charge on any atom is -0.452 e. The van der Waals surface area contributed by atoms with Gasteiger partial charge in [-0.05, 0) is 42.2 Å².